The van der Waals surface area contributed by atoms with Crippen LogP contribution in [0.2, 0.25) is 0 Å². The molecule has 0 aromatic carbocycles. The van der Waals surface area contributed by atoms with Crippen molar-refractivity contribution in [2.45, 2.75) is 13.3 Å². The van der Waals surface area contributed by atoms with Gasteiger partial charge in [-0.2, -0.15) is 0 Å². The average Bonchev–Trinajstić information content (AvgIpc) is 2.68. The fraction of sp³-hybridized carbons (Fsp3) is 0.154. The number of nitrogens with zero attached hydrogens (tertiary/aromatic N) is 2. The maximum Gasteiger partial charge on any atom is 0.228 e. The third-order valence-corrected chi connectivity index (χ3v) is 2.93. The Labute approximate surface area is 98.7 Å². The zero-order valence-corrected chi connectivity index (χ0v) is 9.40. The van der Waals surface area contributed by atoms with Gasteiger partial charge in [-0.15, -0.1) is 0 Å². The first-order valence-corrected chi connectivity index (χ1v) is 5.44. The summed E-state index contributed by atoms with van der Waals surface area (Å²) in [5.41, 5.74) is 4.83. The van der Waals surface area contributed by atoms with Crippen LogP contribution in [-0.2, 0) is 11.2 Å². The number of fused-ring (bicyclic) bond motifs is 1. The van der Waals surface area contributed by atoms with Gasteiger partial charge in [-0.05, 0) is 30.2 Å². The second-order valence-electron chi connectivity index (χ2n) is 4.14. The van der Waals surface area contributed by atoms with Gasteiger partial charge in [0.2, 0.25) is 5.91 Å². The minimum atomic E-state index is 0.0295. The Kier molecular flexibility index (Phi) is 2.14. The zero-order valence-electron chi connectivity index (χ0n) is 9.40. The summed E-state index contributed by atoms with van der Waals surface area (Å²) >= 11 is 0. The van der Waals surface area contributed by atoms with Crippen molar-refractivity contribution in [3.05, 3.63) is 41.9 Å². The van der Waals surface area contributed by atoms with Crippen molar-refractivity contribution in [3.63, 3.8) is 0 Å². The number of pyridine rings is 2. The molecule has 2 aromatic heterocycles. The van der Waals surface area contributed by atoms with E-state index in [1.165, 1.54) is 0 Å². The molecule has 0 radical (unpaired) electrons. The van der Waals surface area contributed by atoms with E-state index < -0.39 is 0 Å². The predicted octanol–water partition coefficient (Wildman–Crippen LogP) is 1.95. The standard InChI is InChI=1S/C13H11N3O/c1-8-2-3-14-6-10(8)11-4-9-5-13(17)16-12(9)7-15-11/h2-4,6-7H,5H2,1H3,(H,16,17). The highest BCUT2D eigenvalue weighted by Crippen LogP contribution is 2.27. The lowest BCUT2D eigenvalue weighted by Crippen LogP contribution is -2.03. The number of rotatable bonds is 1. The molecule has 4 nitrogen and oxygen atoms in total. The van der Waals surface area contributed by atoms with E-state index in [4.69, 9.17) is 0 Å². The lowest BCUT2D eigenvalue weighted by molar-refractivity contribution is -0.115. The van der Waals surface area contributed by atoms with Crippen LogP contribution in [0.15, 0.2) is 30.7 Å². The van der Waals surface area contributed by atoms with Crippen LogP contribution in [-0.4, -0.2) is 15.9 Å². The van der Waals surface area contributed by atoms with Gasteiger partial charge in [-0.25, -0.2) is 0 Å². The van der Waals surface area contributed by atoms with E-state index >= 15 is 0 Å². The molecular formula is C13H11N3O. The molecule has 0 saturated heterocycles. The van der Waals surface area contributed by atoms with Crippen LogP contribution < -0.4 is 5.32 Å². The van der Waals surface area contributed by atoms with Gasteiger partial charge in [0.05, 0.1) is 24.0 Å². The van der Waals surface area contributed by atoms with Crippen LogP contribution in [0.1, 0.15) is 11.1 Å². The molecule has 3 heterocycles. The molecule has 2 aromatic rings. The first-order chi connectivity index (χ1) is 8.24. The van der Waals surface area contributed by atoms with Crippen molar-refractivity contribution < 1.29 is 4.79 Å². The van der Waals surface area contributed by atoms with Crippen LogP contribution in [0.4, 0.5) is 5.69 Å². The normalized spacial score (nSPS) is 13.4. The third kappa shape index (κ3) is 1.67. The van der Waals surface area contributed by atoms with Crippen LogP contribution in [0.25, 0.3) is 11.3 Å². The highest BCUT2D eigenvalue weighted by Gasteiger charge is 2.18. The fourth-order valence-corrected chi connectivity index (χ4v) is 2.00. The molecule has 1 aliphatic rings. The summed E-state index contributed by atoms with van der Waals surface area (Å²) in [6.45, 7) is 2.02. The molecule has 0 spiro atoms. The van der Waals surface area contributed by atoms with E-state index in [9.17, 15) is 4.79 Å². The molecular weight excluding hydrogens is 214 g/mol. The lowest BCUT2D eigenvalue weighted by atomic mass is 10.1. The van der Waals surface area contributed by atoms with Gasteiger partial charge in [0, 0.05) is 18.0 Å². The molecule has 0 atom stereocenters. The van der Waals surface area contributed by atoms with E-state index in [0.29, 0.717) is 6.42 Å². The molecule has 1 amide bonds. The number of nitrogens with one attached hydrogen (secondary N) is 1. The van der Waals surface area contributed by atoms with Gasteiger partial charge >= 0.3 is 0 Å². The molecule has 0 fully saturated rings. The van der Waals surface area contributed by atoms with E-state index in [2.05, 4.69) is 15.3 Å². The van der Waals surface area contributed by atoms with E-state index in [0.717, 1.165) is 28.1 Å². The van der Waals surface area contributed by atoms with Gasteiger partial charge in [0.15, 0.2) is 0 Å². The Bertz CT molecular complexity index is 607. The van der Waals surface area contributed by atoms with E-state index in [-0.39, 0.29) is 5.91 Å². The topological polar surface area (TPSA) is 54.9 Å². The molecule has 4 heteroatoms. The number of amides is 1. The first kappa shape index (κ1) is 9.96. The molecule has 17 heavy (non-hydrogen) atoms. The Morgan fingerprint density at radius 1 is 1.35 bits per heavy atom. The summed E-state index contributed by atoms with van der Waals surface area (Å²) in [5, 5.41) is 2.77. The summed E-state index contributed by atoms with van der Waals surface area (Å²) in [5.74, 6) is 0.0295. The summed E-state index contributed by atoms with van der Waals surface area (Å²) in [7, 11) is 0. The summed E-state index contributed by atoms with van der Waals surface area (Å²) in [4.78, 5) is 19.7. The molecule has 0 bridgehead atoms. The van der Waals surface area contributed by atoms with Crippen molar-refractivity contribution in [1.29, 1.82) is 0 Å². The van der Waals surface area contributed by atoms with E-state index in [1.807, 2.05) is 19.1 Å². The molecule has 84 valence electrons. The summed E-state index contributed by atoms with van der Waals surface area (Å²) < 4.78 is 0. The molecule has 1 N–H and O–H groups in total. The molecule has 0 unspecified atom stereocenters. The Morgan fingerprint density at radius 2 is 2.24 bits per heavy atom. The quantitative estimate of drug-likeness (QED) is 0.807. The molecule has 0 aliphatic carbocycles. The lowest BCUT2D eigenvalue weighted by Gasteiger charge is -2.05. The second kappa shape index (κ2) is 3.66. The molecule has 3 rings (SSSR count). The number of carbonyl (C=O) groups is 1. The smallest absolute Gasteiger partial charge is 0.228 e. The maximum absolute atomic E-state index is 11.3. The maximum atomic E-state index is 11.3. The van der Waals surface area contributed by atoms with Crippen LogP contribution in [0.5, 0.6) is 0 Å². The van der Waals surface area contributed by atoms with Crippen molar-refractivity contribution in [1.82, 2.24) is 9.97 Å². The monoisotopic (exact) mass is 225 g/mol. The van der Waals surface area contributed by atoms with Gasteiger partial charge < -0.3 is 5.32 Å². The van der Waals surface area contributed by atoms with E-state index in [1.54, 1.807) is 18.6 Å². The van der Waals surface area contributed by atoms with Gasteiger partial charge in [-0.3, -0.25) is 14.8 Å². The van der Waals surface area contributed by atoms with Gasteiger partial charge in [0.25, 0.3) is 0 Å². The van der Waals surface area contributed by atoms with Crippen molar-refractivity contribution in [2.75, 3.05) is 5.32 Å². The van der Waals surface area contributed by atoms with Gasteiger partial charge in [-0.1, -0.05) is 0 Å². The third-order valence-electron chi connectivity index (χ3n) is 2.93. The van der Waals surface area contributed by atoms with Gasteiger partial charge in [0.1, 0.15) is 0 Å². The summed E-state index contributed by atoms with van der Waals surface area (Å²) in [6, 6.07) is 3.91. The molecule has 0 saturated carbocycles. The Hall–Kier alpha value is -2.23. The highest BCUT2D eigenvalue weighted by molar-refractivity contribution is 5.99. The van der Waals surface area contributed by atoms with Crippen LogP contribution >= 0.6 is 0 Å². The first-order valence-electron chi connectivity index (χ1n) is 5.44. The van der Waals surface area contributed by atoms with Crippen LogP contribution in [0, 0.1) is 6.92 Å². The van der Waals surface area contributed by atoms with Crippen molar-refractivity contribution in [3.8, 4) is 11.3 Å². The number of aryl methyl sites for hydroxylation is 1. The highest BCUT2D eigenvalue weighted by atomic mass is 16.1. The fourth-order valence-electron chi connectivity index (χ4n) is 2.00. The van der Waals surface area contributed by atoms with Crippen molar-refractivity contribution in [2.24, 2.45) is 0 Å². The largest absolute Gasteiger partial charge is 0.324 e. The SMILES string of the molecule is Cc1ccncc1-c1cc2c(cn1)NC(=O)C2. The second-order valence-corrected chi connectivity index (χ2v) is 4.14. The number of anilines is 1. The predicted molar refractivity (Wildman–Crippen MR) is 64.5 cm³/mol. The minimum absolute atomic E-state index is 0.0295. The number of hydrogen-bond acceptors (Lipinski definition) is 3. The van der Waals surface area contributed by atoms with Crippen molar-refractivity contribution >= 4 is 11.6 Å². The summed E-state index contributed by atoms with van der Waals surface area (Å²) in [6.07, 6.45) is 5.71. The Balaban J connectivity index is 2.09. The average molecular weight is 225 g/mol. The number of hydrogen-bond donors (Lipinski definition) is 1. The minimum Gasteiger partial charge on any atom is -0.324 e. The number of carbonyl (C=O) groups excluding carboxylic acids is 1. The van der Waals surface area contributed by atoms with Crippen LogP contribution in [0.3, 0.4) is 0 Å². The number of aromatic nitrogens is 2. The Morgan fingerprint density at radius 3 is 3.06 bits per heavy atom. The zero-order chi connectivity index (χ0) is 11.8. The molecule has 1 aliphatic heterocycles.